The SMILES string of the molecule is CCC[CH]Oc1ccccn1. The Labute approximate surface area is 67.2 Å². The minimum absolute atomic E-state index is 0.668. The largest absolute Gasteiger partial charge is 0.470 e. The van der Waals surface area contributed by atoms with E-state index >= 15 is 0 Å². The van der Waals surface area contributed by atoms with Gasteiger partial charge >= 0.3 is 0 Å². The van der Waals surface area contributed by atoms with Crippen molar-refractivity contribution in [3.63, 3.8) is 0 Å². The molecule has 1 rings (SSSR count). The van der Waals surface area contributed by atoms with E-state index in [1.54, 1.807) is 12.8 Å². The van der Waals surface area contributed by atoms with Gasteiger partial charge in [-0.1, -0.05) is 19.4 Å². The quantitative estimate of drug-likeness (QED) is 0.615. The van der Waals surface area contributed by atoms with Gasteiger partial charge in [0.05, 0.1) is 0 Å². The summed E-state index contributed by atoms with van der Waals surface area (Å²) in [6, 6.07) is 5.61. The lowest BCUT2D eigenvalue weighted by Crippen LogP contribution is -1.90. The predicted molar refractivity (Wildman–Crippen MR) is 44.1 cm³/mol. The maximum Gasteiger partial charge on any atom is 0.213 e. The highest BCUT2D eigenvalue weighted by atomic mass is 16.5. The smallest absolute Gasteiger partial charge is 0.213 e. The van der Waals surface area contributed by atoms with Crippen LogP contribution in [-0.2, 0) is 0 Å². The highest BCUT2D eigenvalue weighted by Gasteiger charge is 1.90. The third-order valence-corrected chi connectivity index (χ3v) is 1.25. The molecule has 1 radical (unpaired) electrons. The van der Waals surface area contributed by atoms with Crippen molar-refractivity contribution in [1.29, 1.82) is 0 Å². The van der Waals surface area contributed by atoms with Gasteiger partial charge in [-0.2, -0.15) is 0 Å². The van der Waals surface area contributed by atoms with Crippen molar-refractivity contribution in [2.45, 2.75) is 19.8 Å². The first kappa shape index (κ1) is 8.05. The Hall–Kier alpha value is -1.05. The molecule has 1 heterocycles. The zero-order valence-corrected chi connectivity index (χ0v) is 6.66. The summed E-state index contributed by atoms with van der Waals surface area (Å²) in [5.41, 5.74) is 0. The zero-order valence-electron chi connectivity index (χ0n) is 6.66. The van der Waals surface area contributed by atoms with Gasteiger partial charge < -0.3 is 4.74 Å². The number of pyridine rings is 1. The topological polar surface area (TPSA) is 22.1 Å². The van der Waals surface area contributed by atoms with Crippen molar-refractivity contribution in [2.24, 2.45) is 0 Å². The molecule has 0 unspecified atom stereocenters. The minimum atomic E-state index is 0.668. The van der Waals surface area contributed by atoms with Gasteiger partial charge in [0.1, 0.15) is 6.61 Å². The van der Waals surface area contributed by atoms with Crippen LogP contribution >= 0.6 is 0 Å². The Balaban J connectivity index is 2.28. The lowest BCUT2D eigenvalue weighted by atomic mass is 10.4. The molecule has 0 N–H and O–H groups in total. The molecule has 2 nitrogen and oxygen atoms in total. The van der Waals surface area contributed by atoms with E-state index in [-0.39, 0.29) is 0 Å². The zero-order chi connectivity index (χ0) is 7.94. The first-order valence-corrected chi connectivity index (χ1v) is 3.83. The predicted octanol–water partition coefficient (Wildman–Crippen LogP) is 2.42. The van der Waals surface area contributed by atoms with E-state index in [4.69, 9.17) is 4.74 Å². The second-order valence-corrected chi connectivity index (χ2v) is 2.24. The summed E-state index contributed by atoms with van der Waals surface area (Å²) in [5.74, 6) is 0.668. The van der Waals surface area contributed by atoms with Crippen LogP contribution in [0.5, 0.6) is 5.88 Å². The van der Waals surface area contributed by atoms with E-state index < -0.39 is 0 Å². The van der Waals surface area contributed by atoms with Gasteiger partial charge in [0.2, 0.25) is 5.88 Å². The molecule has 1 aromatic rings. The molecule has 11 heavy (non-hydrogen) atoms. The molecule has 0 amide bonds. The Morgan fingerprint density at radius 2 is 2.45 bits per heavy atom. The van der Waals surface area contributed by atoms with Crippen LogP contribution in [-0.4, -0.2) is 4.98 Å². The molecular weight excluding hydrogens is 138 g/mol. The summed E-state index contributed by atoms with van der Waals surface area (Å²) in [5, 5.41) is 0. The van der Waals surface area contributed by atoms with Crippen LogP contribution in [0.2, 0.25) is 0 Å². The van der Waals surface area contributed by atoms with Crippen molar-refractivity contribution < 1.29 is 4.74 Å². The Kier molecular flexibility index (Phi) is 3.45. The Morgan fingerprint density at radius 1 is 1.55 bits per heavy atom. The van der Waals surface area contributed by atoms with Crippen LogP contribution in [0.3, 0.4) is 0 Å². The van der Waals surface area contributed by atoms with E-state index in [1.807, 2.05) is 18.2 Å². The summed E-state index contributed by atoms with van der Waals surface area (Å²) in [7, 11) is 0. The van der Waals surface area contributed by atoms with Crippen molar-refractivity contribution in [3.05, 3.63) is 31.0 Å². The van der Waals surface area contributed by atoms with Gasteiger partial charge in [-0.15, -0.1) is 0 Å². The standard InChI is InChI=1S/C9H12NO/c1-2-3-8-11-9-6-4-5-7-10-9/h4-8H,2-3H2,1H3. The summed E-state index contributed by atoms with van der Waals surface area (Å²) in [6.07, 6.45) is 3.79. The third kappa shape index (κ3) is 3.03. The Bertz CT molecular complexity index is 186. The fourth-order valence-electron chi connectivity index (χ4n) is 0.679. The van der Waals surface area contributed by atoms with Crippen molar-refractivity contribution in [1.82, 2.24) is 4.98 Å². The number of rotatable bonds is 4. The maximum absolute atomic E-state index is 5.21. The first-order valence-electron chi connectivity index (χ1n) is 3.83. The molecule has 0 aliphatic carbocycles. The summed E-state index contributed by atoms with van der Waals surface area (Å²) in [6.45, 7) is 3.89. The van der Waals surface area contributed by atoms with Gasteiger partial charge in [-0.25, -0.2) is 4.98 Å². The first-order chi connectivity index (χ1) is 5.43. The van der Waals surface area contributed by atoms with Crippen molar-refractivity contribution in [3.8, 4) is 5.88 Å². The second-order valence-electron chi connectivity index (χ2n) is 2.24. The number of unbranched alkanes of at least 4 members (excludes halogenated alkanes) is 1. The molecular formula is C9H12NO. The highest BCUT2D eigenvalue weighted by molar-refractivity contribution is 5.09. The van der Waals surface area contributed by atoms with E-state index in [0.29, 0.717) is 5.88 Å². The molecule has 1 aromatic heterocycles. The summed E-state index contributed by atoms with van der Waals surface area (Å²) < 4.78 is 5.21. The summed E-state index contributed by atoms with van der Waals surface area (Å²) >= 11 is 0. The number of hydrogen-bond acceptors (Lipinski definition) is 2. The monoisotopic (exact) mass is 150 g/mol. The van der Waals surface area contributed by atoms with Crippen LogP contribution in [0, 0.1) is 6.61 Å². The third-order valence-electron chi connectivity index (χ3n) is 1.25. The van der Waals surface area contributed by atoms with Gasteiger partial charge in [0.25, 0.3) is 0 Å². The van der Waals surface area contributed by atoms with Crippen LogP contribution in [0.25, 0.3) is 0 Å². The van der Waals surface area contributed by atoms with Gasteiger partial charge in [0, 0.05) is 12.3 Å². The number of aromatic nitrogens is 1. The van der Waals surface area contributed by atoms with E-state index in [0.717, 1.165) is 12.8 Å². The Morgan fingerprint density at radius 3 is 3.09 bits per heavy atom. The van der Waals surface area contributed by atoms with Crippen LogP contribution in [0.15, 0.2) is 24.4 Å². The molecule has 0 bridgehead atoms. The summed E-state index contributed by atoms with van der Waals surface area (Å²) in [4.78, 5) is 4.00. The van der Waals surface area contributed by atoms with Crippen LogP contribution < -0.4 is 4.74 Å². The van der Waals surface area contributed by atoms with Gasteiger partial charge in [-0.05, 0) is 12.5 Å². The lowest BCUT2D eigenvalue weighted by molar-refractivity contribution is 0.375. The molecule has 0 aliphatic heterocycles. The molecule has 59 valence electrons. The van der Waals surface area contributed by atoms with Crippen molar-refractivity contribution >= 4 is 0 Å². The average molecular weight is 150 g/mol. The van der Waals surface area contributed by atoms with Crippen LogP contribution in [0.1, 0.15) is 19.8 Å². The normalized spacial score (nSPS) is 9.55. The second kappa shape index (κ2) is 4.72. The van der Waals surface area contributed by atoms with Crippen molar-refractivity contribution in [2.75, 3.05) is 0 Å². The fourth-order valence-corrected chi connectivity index (χ4v) is 0.679. The van der Waals surface area contributed by atoms with Gasteiger partial charge in [0.15, 0.2) is 0 Å². The minimum Gasteiger partial charge on any atom is -0.470 e. The highest BCUT2D eigenvalue weighted by Crippen LogP contribution is 2.05. The van der Waals surface area contributed by atoms with E-state index in [1.165, 1.54) is 0 Å². The fraction of sp³-hybridized carbons (Fsp3) is 0.333. The molecule has 2 heteroatoms. The molecule has 0 saturated carbocycles. The molecule has 0 aromatic carbocycles. The molecule has 0 aliphatic rings. The van der Waals surface area contributed by atoms with Crippen LogP contribution in [0.4, 0.5) is 0 Å². The van der Waals surface area contributed by atoms with E-state index in [2.05, 4.69) is 11.9 Å². The molecule has 0 spiro atoms. The lowest BCUT2D eigenvalue weighted by Gasteiger charge is -2.00. The number of nitrogens with zero attached hydrogens (tertiary/aromatic N) is 1. The molecule has 0 fully saturated rings. The molecule has 0 saturated heterocycles. The van der Waals surface area contributed by atoms with Gasteiger partial charge in [-0.3, -0.25) is 0 Å². The maximum atomic E-state index is 5.21. The molecule has 0 atom stereocenters. The average Bonchev–Trinajstić information content (AvgIpc) is 2.07. The number of hydrogen-bond donors (Lipinski definition) is 0. The number of ether oxygens (including phenoxy) is 1. The van der Waals surface area contributed by atoms with E-state index in [9.17, 15) is 0 Å².